The first-order valence-corrected chi connectivity index (χ1v) is 8.39. The van der Waals surface area contributed by atoms with E-state index in [2.05, 4.69) is 10.1 Å². The Labute approximate surface area is 144 Å². The number of hydrogen-bond acceptors (Lipinski definition) is 5. The highest BCUT2D eigenvalue weighted by atomic mass is 35.5. The quantitative estimate of drug-likeness (QED) is 0.647. The molecule has 0 amide bonds. The molecule has 1 aromatic heterocycles. The van der Waals surface area contributed by atoms with Crippen LogP contribution < -0.4 is 4.72 Å². The molecule has 0 spiro atoms. The molecular formula is C15H12ClFN3O3S-. The van der Waals surface area contributed by atoms with Gasteiger partial charge in [0.25, 0.3) is 0 Å². The van der Waals surface area contributed by atoms with Gasteiger partial charge < -0.3 is 13.8 Å². The highest BCUT2D eigenvalue weighted by molar-refractivity contribution is 7.77. The maximum Gasteiger partial charge on any atom is 0.213 e. The summed E-state index contributed by atoms with van der Waals surface area (Å²) in [5.41, 5.74) is 0.648. The largest absolute Gasteiger partial charge is 0.755 e. The summed E-state index contributed by atoms with van der Waals surface area (Å²) in [5.74, 6) is -0.918. The standard InChI is InChI=1S/C15H13ClFN3O3S/c16-15(7-6-12(11(17)8-15)20-24(21)22)13(14-18-9-23-19-14)10-4-2-1-3-5-10/h1-7,9,13,20H,8H2,(H,21,22)/p-1. The molecule has 2 aromatic rings. The number of nitrogens with zero attached hydrogens (tertiary/aromatic N) is 2. The van der Waals surface area contributed by atoms with Crippen molar-refractivity contribution in [2.45, 2.75) is 17.2 Å². The minimum atomic E-state index is -2.62. The third kappa shape index (κ3) is 3.40. The molecule has 0 bridgehead atoms. The summed E-state index contributed by atoms with van der Waals surface area (Å²) < 4.78 is 42.6. The Kier molecular flexibility index (Phi) is 4.79. The molecule has 6 nitrogen and oxygen atoms in total. The Morgan fingerprint density at radius 2 is 2.17 bits per heavy atom. The normalized spacial score (nSPS) is 23.1. The lowest BCUT2D eigenvalue weighted by Crippen LogP contribution is -2.33. The molecule has 1 N–H and O–H groups in total. The van der Waals surface area contributed by atoms with E-state index >= 15 is 0 Å². The van der Waals surface area contributed by atoms with Crippen molar-refractivity contribution in [1.29, 1.82) is 0 Å². The molecule has 0 saturated heterocycles. The zero-order valence-electron chi connectivity index (χ0n) is 12.2. The fraction of sp³-hybridized carbons (Fsp3) is 0.200. The average Bonchev–Trinajstić information content (AvgIpc) is 3.05. The lowest BCUT2D eigenvalue weighted by Gasteiger charge is -2.33. The van der Waals surface area contributed by atoms with Crippen LogP contribution in [0, 0.1) is 0 Å². The number of aromatic nitrogens is 2. The Balaban J connectivity index is 1.99. The van der Waals surface area contributed by atoms with Gasteiger partial charge in [-0.15, -0.1) is 11.6 Å². The molecule has 126 valence electrons. The van der Waals surface area contributed by atoms with Gasteiger partial charge in [-0.05, 0) is 11.6 Å². The predicted molar refractivity (Wildman–Crippen MR) is 85.1 cm³/mol. The third-order valence-electron chi connectivity index (χ3n) is 3.69. The molecule has 9 heteroatoms. The van der Waals surface area contributed by atoms with Crippen LogP contribution in [0.15, 0.2) is 64.9 Å². The van der Waals surface area contributed by atoms with Crippen LogP contribution in [0.2, 0.25) is 0 Å². The van der Waals surface area contributed by atoms with E-state index in [-0.39, 0.29) is 12.1 Å². The monoisotopic (exact) mass is 368 g/mol. The molecular weight excluding hydrogens is 357 g/mol. The maximum atomic E-state index is 14.4. The third-order valence-corrected chi connectivity index (χ3v) is 4.55. The van der Waals surface area contributed by atoms with Gasteiger partial charge in [-0.1, -0.05) is 41.6 Å². The van der Waals surface area contributed by atoms with E-state index in [4.69, 9.17) is 16.1 Å². The van der Waals surface area contributed by atoms with Crippen LogP contribution in [-0.4, -0.2) is 23.8 Å². The summed E-state index contributed by atoms with van der Waals surface area (Å²) in [6.07, 6.45) is 3.80. The van der Waals surface area contributed by atoms with E-state index in [1.165, 1.54) is 12.5 Å². The molecule has 0 radical (unpaired) electrons. The second-order valence-electron chi connectivity index (χ2n) is 5.23. The molecule has 0 fully saturated rings. The van der Waals surface area contributed by atoms with Gasteiger partial charge in [-0.2, -0.15) is 4.98 Å². The molecule has 3 atom stereocenters. The van der Waals surface area contributed by atoms with Gasteiger partial charge in [0, 0.05) is 17.7 Å². The lowest BCUT2D eigenvalue weighted by molar-refractivity contribution is 0.399. The molecule has 1 aliphatic rings. The van der Waals surface area contributed by atoms with Crippen molar-refractivity contribution in [1.82, 2.24) is 14.9 Å². The highest BCUT2D eigenvalue weighted by Gasteiger charge is 2.42. The number of rotatable bonds is 5. The summed E-state index contributed by atoms with van der Waals surface area (Å²) >= 11 is 4.08. The maximum absolute atomic E-state index is 14.4. The Hall–Kier alpha value is -2.03. The molecule has 1 heterocycles. The number of hydrogen-bond donors (Lipinski definition) is 1. The zero-order chi connectivity index (χ0) is 17.2. The predicted octanol–water partition coefficient (Wildman–Crippen LogP) is 2.70. The number of benzene rings is 1. The van der Waals surface area contributed by atoms with Crippen LogP contribution in [0.4, 0.5) is 4.39 Å². The summed E-state index contributed by atoms with van der Waals surface area (Å²) in [6.45, 7) is 0. The number of nitrogens with one attached hydrogen (secondary N) is 1. The van der Waals surface area contributed by atoms with Crippen LogP contribution in [-0.2, 0) is 11.3 Å². The zero-order valence-corrected chi connectivity index (χ0v) is 13.8. The van der Waals surface area contributed by atoms with E-state index < -0.39 is 27.9 Å². The SMILES string of the molecule is O=S([O-])NC1=C(F)CC(Cl)(C(c2ccccc2)c2ncon2)C=C1. The molecule has 1 aromatic carbocycles. The highest BCUT2D eigenvalue weighted by Crippen LogP contribution is 2.46. The summed E-state index contributed by atoms with van der Waals surface area (Å²) in [5, 5.41) is 3.85. The first-order chi connectivity index (χ1) is 11.5. The fourth-order valence-electron chi connectivity index (χ4n) is 2.67. The van der Waals surface area contributed by atoms with Gasteiger partial charge in [-0.25, -0.2) is 4.39 Å². The van der Waals surface area contributed by atoms with Crippen molar-refractivity contribution in [2.24, 2.45) is 0 Å². The van der Waals surface area contributed by atoms with Crippen molar-refractivity contribution >= 4 is 22.9 Å². The van der Waals surface area contributed by atoms with Crippen molar-refractivity contribution < 1.29 is 17.7 Å². The van der Waals surface area contributed by atoms with Crippen molar-refractivity contribution in [3.8, 4) is 0 Å². The second kappa shape index (κ2) is 6.84. The smallest absolute Gasteiger partial charge is 0.213 e. The van der Waals surface area contributed by atoms with E-state index in [0.29, 0.717) is 5.82 Å². The molecule has 3 unspecified atom stereocenters. The average molecular weight is 369 g/mol. The van der Waals surface area contributed by atoms with Crippen molar-refractivity contribution in [2.75, 3.05) is 0 Å². The first-order valence-electron chi connectivity index (χ1n) is 6.93. The van der Waals surface area contributed by atoms with Crippen molar-refractivity contribution in [3.05, 3.63) is 71.8 Å². The van der Waals surface area contributed by atoms with Gasteiger partial charge in [0.1, 0.15) is 5.83 Å². The molecule has 1 aliphatic carbocycles. The summed E-state index contributed by atoms with van der Waals surface area (Å²) in [4.78, 5) is 2.85. The van der Waals surface area contributed by atoms with Crippen LogP contribution >= 0.6 is 11.6 Å². The van der Waals surface area contributed by atoms with Gasteiger partial charge in [0.15, 0.2) is 5.82 Å². The summed E-state index contributed by atoms with van der Waals surface area (Å²) in [7, 11) is 0. The van der Waals surface area contributed by atoms with Gasteiger partial charge in [-0.3, -0.25) is 4.21 Å². The lowest BCUT2D eigenvalue weighted by atomic mass is 9.80. The molecule has 24 heavy (non-hydrogen) atoms. The number of alkyl halides is 1. The van der Waals surface area contributed by atoms with Gasteiger partial charge in [0.2, 0.25) is 6.39 Å². The Morgan fingerprint density at radius 3 is 2.75 bits per heavy atom. The number of halogens is 2. The minimum absolute atomic E-state index is 0.139. The van der Waals surface area contributed by atoms with E-state index in [0.717, 1.165) is 5.56 Å². The van der Waals surface area contributed by atoms with E-state index in [9.17, 15) is 13.2 Å². The molecule has 0 saturated carbocycles. The number of allylic oxidation sites excluding steroid dienone is 3. The minimum Gasteiger partial charge on any atom is -0.755 e. The van der Waals surface area contributed by atoms with Gasteiger partial charge >= 0.3 is 0 Å². The van der Waals surface area contributed by atoms with Crippen LogP contribution in [0.25, 0.3) is 0 Å². The van der Waals surface area contributed by atoms with Crippen molar-refractivity contribution in [3.63, 3.8) is 0 Å². The van der Waals surface area contributed by atoms with E-state index in [1.807, 2.05) is 35.1 Å². The van der Waals surface area contributed by atoms with Crippen LogP contribution in [0.3, 0.4) is 0 Å². The van der Waals surface area contributed by atoms with Crippen LogP contribution in [0.1, 0.15) is 23.7 Å². The van der Waals surface area contributed by atoms with E-state index in [1.54, 1.807) is 6.08 Å². The Bertz CT molecular complexity index is 798. The Morgan fingerprint density at radius 1 is 1.42 bits per heavy atom. The second-order valence-corrected chi connectivity index (χ2v) is 6.60. The first kappa shape index (κ1) is 16.8. The van der Waals surface area contributed by atoms with Gasteiger partial charge in [0.05, 0.1) is 16.5 Å². The topological polar surface area (TPSA) is 91.1 Å². The molecule has 3 rings (SSSR count). The molecule has 0 aliphatic heterocycles. The summed E-state index contributed by atoms with van der Waals surface area (Å²) in [6, 6.07) is 9.17. The fourth-order valence-corrected chi connectivity index (χ4v) is 3.44. The van der Waals surface area contributed by atoms with Crippen LogP contribution in [0.5, 0.6) is 0 Å².